The fraction of sp³-hybridized carbons (Fsp3) is 0.143. The van der Waals surface area contributed by atoms with E-state index in [-0.39, 0.29) is 5.91 Å². The summed E-state index contributed by atoms with van der Waals surface area (Å²) >= 11 is 0. The van der Waals surface area contributed by atoms with E-state index in [1.54, 1.807) is 0 Å². The minimum atomic E-state index is -4.41. The topological polar surface area (TPSA) is 99.4 Å². The molecule has 1 heterocycles. The molecule has 8 heteroatoms. The molecule has 0 bridgehead atoms. The zero-order valence-corrected chi connectivity index (χ0v) is 17.1. The van der Waals surface area contributed by atoms with Crippen molar-refractivity contribution in [2.75, 3.05) is 12.4 Å². The van der Waals surface area contributed by atoms with Crippen molar-refractivity contribution < 1.29 is 26.5 Å². The average Bonchev–Trinajstić information content (AvgIpc) is 2.68. The summed E-state index contributed by atoms with van der Waals surface area (Å²) in [5, 5.41) is 4.00. The Balaban J connectivity index is 0.000000438. The van der Waals surface area contributed by atoms with Crippen molar-refractivity contribution in [2.45, 2.75) is 6.92 Å². The van der Waals surface area contributed by atoms with Gasteiger partial charge in [-0.1, -0.05) is 36.4 Å². The molecule has 0 atom stereocenters. The fourth-order valence-electron chi connectivity index (χ4n) is 2.60. The number of benzene rings is 2. The number of carbonyl (C=O) groups excluding carboxylic acids is 1. The molecule has 1 amide bonds. The van der Waals surface area contributed by atoms with Crippen molar-refractivity contribution in [3.05, 3.63) is 71.9 Å². The summed E-state index contributed by atoms with van der Waals surface area (Å²) in [5.41, 5.74) is 4.29. The summed E-state index contributed by atoms with van der Waals surface area (Å²) in [6.07, 6.45) is 6.27. The van der Waals surface area contributed by atoms with Crippen molar-refractivity contribution in [1.29, 1.82) is 0 Å². The Morgan fingerprint density at radius 2 is 1.69 bits per heavy atom. The third-order valence-electron chi connectivity index (χ3n) is 3.96. The number of amides is 1. The summed E-state index contributed by atoms with van der Waals surface area (Å²) in [6, 6.07) is 18.3. The first-order valence-corrected chi connectivity index (χ1v) is 9.97. The van der Waals surface area contributed by atoms with E-state index in [0.29, 0.717) is 0 Å². The minimum Gasteiger partial charge on any atom is -0.726 e. The van der Waals surface area contributed by atoms with Gasteiger partial charge < -0.3 is 9.87 Å². The summed E-state index contributed by atoms with van der Waals surface area (Å²) in [4.78, 5) is 11.0. The SMILES string of the molecule is CC(=O)Nc1ccc(C=Cc2cc[n+](C)c3ccccc23)cc1.COS(=O)(=O)[O-]. The Bertz CT molecular complexity index is 1120. The van der Waals surface area contributed by atoms with Gasteiger partial charge in [-0.2, -0.15) is 0 Å². The highest BCUT2D eigenvalue weighted by Crippen LogP contribution is 2.18. The first-order valence-electron chi connectivity index (χ1n) is 8.64. The number of anilines is 1. The lowest BCUT2D eigenvalue weighted by molar-refractivity contribution is -0.644. The quantitative estimate of drug-likeness (QED) is 0.402. The van der Waals surface area contributed by atoms with E-state index >= 15 is 0 Å². The monoisotopic (exact) mass is 414 g/mol. The lowest BCUT2D eigenvalue weighted by atomic mass is 10.1. The normalized spacial score (nSPS) is 11.2. The second kappa shape index (κ2) is 9.92. The van der Waals surface area contributed by atoms with Gasteiger partial charge in [0, 0.05) is 24.7 Å². The van der Waals surface area contributed by atoms with Gasteiger partial charge in [0.05, 0.1) is 12.5 Å². The number of rotatable bonds is 4. The van der Waals surface area contributed by atoms with Crippen LogP contribution in [-0.4, -0.2) is 26.0 Å². The van der Waals surface area contributed by atoms with Crippen LogP contribution >= 0.6 is 0 Å². The van der Waals surface area contributed by atoms with Crippen LogP contribution in [-0.2, 0) is 26.4 Å². The second-order valence-electron chi connectivity index (χ2n) is 6.11. The largest absolute Gasteiger partial charge is 0.726 e. The standard InChI is InChI=1S/C20H18N2O.CH4O4S/c1-15(23)21-18-11-8-16(9-12-18)7-10-17-13-14-22(2)20-6-4-3-5-19(17)20;1-5-6(2,3)4/h3-14H,1-2H3;1H3,(H,2,3,4). The fourth-order valence-corrected chi connectivity index (χ4v) is 2.60. The van der Waals surface area contributed by atoms with Gasteiger partial charge in [-0.3, -0.25) is 8.98 Å². The average molecular weight is 414 g/mol. The van der Waals surface area contributed by atoms with Gasteiger partial charge in [0.15, 0.2) is 6.20 Å². The van der Waals surface area contributed by atoms with Gasteiger partial charge in [0.1, 0.15) is 7.05 Å². The third kappa shape index (κ3) is 7.11. The summed E-state index contributed by atoms with van der Waals surface area (Å²) in [5.74, 6) is -0.0584. The Morgan fingerprint density at radius 1 is 1.07 bits per heavy atom. The maximum Gasteiger partial charge on any atom is 0.221 e. The van der Waals surface area contributed by atoms with Crippen LogP contribution in [0, 0.1) is 0 Å². The van der Waals surface area contributed by atoms with E-state index in [0.717, 1.165) is 18.4 Å². The molecule has 0 radical (unpaired) electrons. The number of hydrogen-bond acceptors (Lipinski definition) is 5. The Morgan fingerprint density at radius 3 is 2.28 bits per heavy atom. The van der Waals surface area contributed by atoms with Gasteiger partial charge in [-0.05, 0) is 29.3 Å². The van der Waals surface area contributed by atoms with E-state index in [1.165, 1.54) is 23.4 Å². The Hall–Kier alpha value is -3.07. The van der Waals surface area contributed by atoms with Gasteiger partial charge in [-0.15, -0.1) is 0 Å². The molecule has 152 valence electrons. The van der Waals surface area contributed by atoms with Crippen LogP contribution < -0.4 is 9.88 Å². The second-order valence-corrected chi connectivity index (χ2v) is 7.26. The van der Waals surface area contributed by atoms with Gasteiger partial charge in [0.2, 0.25) is 21.8 Å². The van der Waals surface area contributed by atoms with Crippen LogP contribution in [0.15, 0.2) is 60.8 Å². The smallest absolute Gasteiger partial charge is 0.221 e. The van der Waals surface area contributed by atoms with E-state index < -0.39 is 10.4 Å². The molecule has 3 rings (SSSR count). The molecule has 7 nitrogen and oxygen atoms in total. The predicted molar refractivity (Wildman–Crippen MR) is 112 cm³/mol. The lowest BCUT2D eigenvalue weighted by Gasteiger charge is -2.02. The van der Waals surface area contributed by atoms with E-state index in [1.807, 2.05) is 24.3 Å². The van der Waals surface area contributed by atoms with E-state index in [2.05, 4.69) is 69.8 Å². The first kappa shape index (κ1) is 22.2. The molecule has 0 aliphatic heterocycles. The molecule has 0 fully saturated rings. The number of para-hydroxylation sites is 1. The molecule has 2 aromatic carbocycles. The summed E-state index contributed by atoms with van der Waals surface area (Å²) < 4.78 is 33.1. The Labute approximate surface area is 170 Å². The number of fused-ring (bicyclic) bond motifs is 1. The number of nitrogens with zero attached hydrogens (tertiary/aromatic N) is 1. The van der Waals surface area contributed by atoms with Crippen molar-refractivity contribution >= 4 is 45.0 Å². The number of pyridine rings is 1. The van der Waals surface area contributed by atoms with Gasteiger partial charge >= 0.3 is 0 Å². The highest BCUT2D eigenvalue weighted by molar-refractivity contribution is 7.80. The van der Waals surface area contributed by atoms with Gasteiger partial charge in [0.25, 0.3) is 0 Å². The van der Waals surface area contributed by atoms with Gasteiger partial charge in [-0.25, -0.2) is 13.0 Å². The van der Waals surface area contributed by atoms with Crippen LogP contribution in [0.2, 0.25) is 0 Å². The minimum absolute atomic E-state index is 0.0584. The number of nitrogens with one attached hydrogen (secondary N) is 1. The number of hydrogen-bond donors (Lipinski definition) is 1. The van der Waals surface area contributed by atoms with Crippen LogP contribution in [0.25, 0.3) is 23.1 Å². The molecule has 0 unspecified atom stereocenters. The number of aryl methyl sites for hydroxylation is 1. The molecule has 3 aromatic rings. The molecule has 0 saturated heterocycles. The maximum atomic E-state index is 11.0. The third-order valence-corrected chi connectivity index (χ3v) is 4.37. The predicted octanol–water partition coefficient (Wildman–Crippen LogP) is 2.89. The molecule has 0 aliphatic rings. The van der Waals surface area contributed by atoms with Crippen molar-refractivity contribution in [1.82, 2.24) is 0 Å². The zero-order chi connectivity index (χ0) is 21.4. The maximum absolute atomic E-state index is 11.0. The molecular formula is C21H22N2O5S. The molecule has 0 spiro atoms. The Kier molecular flexibility index (Phi) is 7.60. The molecular weight excluding hydrogens is 392 g/mol. The first-order chi connectivity index (χ1) is 13.7. The molecule has 29 heavy (non-hydrogen) atoms. The van der Waals surface area contributed by atoms with Crippen LogP contribution in [0.3, 0.4) is 0 Å². The van der Waals surface area contributed by atoms with E-state index in [9.17, 15) is 17.8 Å². The summed E-state index contributed by atoms with van der Waals surface area (Å²) in [7, 11) is -1.55. The lowest BCUT2D eigenvalue weighted by Crippen LogP contribution is -2.28. The van der Waals surface area contributed by atoms with Crippen LogP contribution in [0.5, 0.6) is 0 Å². The molecule has 1 aromatic heterocycles. The highest BCUT2D eigenvalue weighted by Gasteiger charge is 2.06. The van der Waals surface area contributed by atoms with Crippen LogP contribution in [0.1, 0.15) is 18.1 Å². The zero-order valence-electron chi connectivity index (χ0n) is 16.3. The molecule has 0 saturated carbocycles. The highest BCUT2D eigenvalue weighted by atomic mass is 32.3. The van der Waals surface area contributed by atoms with Crippen LogP contribution in [0.4, 0.5) is 5.69 Å². The van der Waals surface area contributed by atoms with Crippen molar-refractivity contribution in [3.63, 3.8) is 0 Å². The van der Waals surface area contributed by atoms with Crippen molar-refractivity contribution in [3.8, 4) is 0 Å². The number of carbonyl (C=O) groups is 1. The molecule has 0 aliphatic carbocycles. The van der Waals surface area contributed by atoms with E-state index in [4.69, 9.17) is 0 Å². The van der Waals surface area contributed by atoms with Crippen molar-refractivity contribution in [2.24, 2.45) is 7.05 Å². The number of aromatic nitrogens is 1. The summed E-state index contributed by atoms with van der Waals surface area (Å²) in [6.45, 7) is 1.51. The molecule has 1 N–H and O–H groups in total.